The second-order valence-electron chi connectivity index (χ2n) is 14.0. The van der Waals surface area contributed by atoms with Crippen molar-refractivity contribution in [2.75, 3.05) is 0 Å². The molecule has 10 heteroatoms. The van der Waals surface area contributed by atoms with Crippen molar-refractivity contribution >= 4 is 20.3 Å². The van der Waals surface area contributed by atoms with E-state index in [0.717, 1.165) is 28.8 Å². The molecule has 4 N–H and O–H groups in total. The largest absolute Gasteiger partial charge is 0.508 e. The maximum atomic E-state index is 13.6. The number of phenolic OH excluding ortho intramolecular Hbond substituents is 4. The molecule has 0 aliphatic carbocycles. The van der Waals surface area contributed by atoms with Crippen molar-refractivity contribution in [3.63, 3.8) is 0 Å². The maximum Gasteiger partial charge on any atom is 0.347 e. The minimum absolute atomic E-state index is 0.0665. The predicted octanol–water partition coefficient (Wildman–Crippen LogP) is 8.56. The Morgan fingerprint density at radius 3 is 1.48 bits per heavy atom. The molecule has 0 aliphatic heterocycles. The molecule has 48 heavy (non-hydrogen) atoms. The minimum Gasteiger partial charge on any atom is -0.508 e. The van der Waals surface area contributed by atoms with Crippen LogP contribution in [0.5, 0.6) is 28.7 Å². The molecule has 0 heterocycles. The third kappa shape index (κ3) is 8.52. The molecule has 3 aromatic carbocycles. The topological polar surface area (TPSA) is 143 Å². The summed E-state index contributed by atoms with van der Waals surface area (Å²) in [6.45, 7) is 22.2. The van der Waals surface area contributed by atoms with Crippen molar-refractivity contribution in [2.24, 2.45) is 0 Å². The van der Waals surface area contributed by atoms with Crippen molar-refractivity contribution in [3.8, 4) is 28.7 Å². The van der Waals surface area contributed by atoms with Gasteiger partial charge in [0.05, 0.1) is 0 Å². The average Bonchev–Trinajstić information content (AvgIpc) is 2.92. The fourth-order valence-electron chi connectivity index (χ4n) is 7.30. The van der Waals surface area contributed by atoms with Crippen LogP contribution < -0.4 is 4.74 Å². The van der Waals surface area contributed by atoms with Gasteiger partial charge in [0.2, 0.25) is 8.32 Å². The Bertz CT molecular complexity index is 1600. The maximum absolute atomic E-state index is 13.6. The molecular weight excluding hydrogens is 628 g/mol. The van der Waals surface area contributed by atoms with E-state index in [1.54, 1.807) is 6.92 Å². The number of phenols is 4. The average molecular weight is 681 g/mol. The van der Waals surface area contributed by atoms with Crippen LogP contribution in [0, 0.1) is 20.8 Å². The quantitative estimate of drug-likeness (QED) is 0.0793. The first-order valence-electron chi connectivity index (χ1n) is 16.6. The van der Waals surface area contributed by atoms with Crippen LogP contribution in [0.3, 0.4) is 0 Å². The Kier molecular flexibility index (Phi) is 12.4. The summed E-state index contributed by atoms with van der Waals surface area (Å²) < 4.78 is 18.3. The predicted molar refractivity (Wildman–Crippen MR) is 189 cm³/mol. The van der Waals surface area contributed by atoms with E-state index >= 15 is 0 Å². The molecule has 3 aromatic rings. The molecule has 0 aliphatic rings. The summed E-state index contributed by atoms with van der Waals surface area (Å²) in [7, 11) is -2.26. The second-order valence-corrected chi connectivity index (χ2v) is 19.4. The van der Waals surface area contributed by atoms with Crippen LogP contribution in [-0.4, -0.2) is 52.9 Å². The molecule has 0 radical (unpaired) electrons. The van der Waals surface area contributed by atoms with E-state index in [2.05, 4.69) is 41.5 Å². The van der Waals surface area contributed by atoms with Crippen LogP contribution in [0.2, 0.25) is 16.6 Å². The Morgan fingerprint density at radius 2 is 1.04 bits per heavy atom. The number of benzene rings is 3. The van der Waals surface area contributed by atoms with E-state index < -0.39 is 37.9 Å². The van der Waals surface area contributed by atoms with Crippen molar-refractivity contribution < 1.29 is 43.9 Å². The fourth-order valence-corrected chi connectivity index (χ4v) is 12.9. The summed E-state index contributed by atoms with van der Waals surface area (Å²) in [6, 6.07) is 8.64. The number of aromatic hydroxyl groups is 4. The van der Waals surface area contributed by atoms with Gasteiger partial charge >= 0.3 is 11.9 Å². The third-order valence-corrected chi connectivity index (χ3v) is 15.2. The first kappa shape index (κ1) is 38.4. The molecule has 3 rings (SSSR count). The van der Waals surface area contributed by atoms with Crippen LogP contribution in [0.4, 0.5) is 0 Å². The van der Waals surface area contributed by atoms with Gasteiger partial charge in [0.15, 0.2) is 0 Å². The molecule has 0 spiro atoms. The van der Waals surface area contributed by atoms with Gasteiger partial charge in [-0.05, 0) is 92.0 Å². The highest BCUT2D eigenvalue weighted by atomic mass is 28.4. The molecule has 0 unspecified atom stereocenters. The van der Waals surface area contributed by atoms with Gasteiger partial charge < -0.3 is 34.3 Å². The van der Waals surface area contributed by atoms with Gasteiger partial charge in [0, 0.05) is 24.7 Å². The molecule has 262 valence electrons. The smallest absolute Gasteiger partial charge is 0.347 e. The third-order valence-electron chi connectivity index (χ3n) is 9.01. The van der Waals surface area contributed by atoms with E-state index in [0.29, 0.717) is 27.9 Å². The van der Waals surface area contributed by atoms with Crippen LogP contribution >= 0.6 is 0 Å². The number of esters is 2. The van der Waals surface area contributed by atoms with Crippen molar-refractivity contribution in [1.82, 2.24) is 0 Å². The van der Waals surface area contributed by atoms with Gasteiger partial charge in [-0.2, -0.15) is 0 Å². The van der Waals surface area contributed by atoms with E-state index in [-0.39, 0.29) is 47.1 Å². The molecule has 0 fully saturated rings. The Hall–Kier alpha value is -4.02. The lowest BCUT2D eigenvalue weighted by Gasteiger charge is -2.44. The lowest BCUT2D eigenvalue weighted by Crippen LogP contribution is -2.50. The standard InChI is InChI=1S/C38H52O9Si/c1-20(2)48(21(3)4,22(5)6)47-27(11)15-29-17-31(40)18-32(41)34(29)37(43)45-26(10)14-28-16-30(39)19-33(42)35(28)38(44)46-36-24(8)12-23(7)13-25(36)9/h12-13,16-22,26-27,39-42H,14-15H2,1-11H3/t26-,27-/m0/s1. The highest BCUT2D eigenvalue weighted by Gasteiger charge is 2.46. The number of carbonyl (C=O) groups is 2. The summed E-state index contributed by atoms with van der Waals surface area (Å²) in [6.07, 6.45) is -1.01. The van der Waals surface area contributed by atoms with Crippen molar-refractivity contribution in [1.29, 1.82) is 0 Å². The normalized spacial score (nSPS) is 13.2. The molecule has 0 saturated carbocycles. The summed E-state index contributed by atoms with van der Waals surface area (Å²) in [4.78, 5) is 27.0. The highest BCUT2D eigenvalue weighted by Crippen LogP contribution is 2.43. The first-order valence-corrected chi connectivity index (χ1v) is 18.7. The molecule has 2 atom stereocenters. The summed E-state index contributed by atoms with van der Waals surface area (Å²) in [5, 5.41) is 42.1. The van der Waals surface area contributed by atoms with Crippen LogP contribution in [-0.2, 0) is 22.0 Å². The molecule has 0 bridgehead atoms. The lowest BCUT2D eigenvalue weighted by atomic mass is 9.99. The fraction of sp³-hybridized carbons (Fsp3) is 0.474. The minimum atomic E-state index is -2.26. The summed E-state index contributed by atoms with van der Waals surface area (Å²) in [5.74, 6) is -2.68. The molecule has 0 saturated heterocycles. The van der Waals surface area contributed by atoms with E-state index in [1.165, 1.54) is 12.1 Å². The number of aryl methyl sites for hydroxylation is 3. The zero-order chi connectivity index (χ0) is 36.2. The number of rotatable bonds is 13. The second kappa shape index (κ2) is 15.5. The van der Waals surface area contributed by atoms with Gasteiger partial charge in [-0.15, -0.1) is 0 Å². The molecule has 9 nitrogen and oxygen atoms in total. The Labute approximate surface area is 285 Å². The van der Waals surface area contributed by atoms with Gasteiger partial charge in [-0.3, -0.25) is 0 Å². The number of carbonyl (C=O) groups excluding carboxylic acids is 2. The van der Waals surface area contributed by atoms with E-state index in [9.17, 15) is 30.0 Å². The highest BCUT2D eigenvalue weighted by molar-refractivity contribution is 6.77. The van der Waals surface area contributed by atoms with Crippen LogP contribution in [0.1, 0.15) is 104 Å². The van der Waals surface area contributed by atoms with Gasteiger partial charge in [0.25, 0.3) is 0 Å². The Balaban J connectivity index is 1.88. The van der Waals surface area contributed by atoms with Gasteiger partial charge in [-0.25, -0.2) is 9.59 Å². The van der Waals surface area contributed by atoms with Gasteiger partial charge in [-0.1, -0.05) is 59.2 Å². The summed E-state index contributed by atoms with van der Waals surface area (Å²) >= 11 is 0. The van der Waals surface area contributed by atoms with Gasteiger partial charge in [0.1, 0.15) is 46.0 Å². The SMILES string of the molecule is Cc1cc(C)c(OC(=O)c2c(O)cc(O)cc2C[C@H](C)OC(=O)c2c(O)cc(O)cc2C[C@H](C)O[Si](C(C)C)(C(C)C)C(C)C)c(C)c1. The van der Waals surface area contributed by atoms with Crippen LogP contribution in [0.25, 0.3) is 0 Å². The van der Waals surface area contributed by atoms with E-state index in [4.69, 9.17) is 13.9 Å². The molecule has 0 aromatic heterocycles. The zero-order valence-corrected chi connectivity index (χ0v) is 31.1. The number of hydrogen-bond acceptors (Lipinski definition) is 9. The van der Waals surface area contributed by atoms with E-state index in [1.807, 2.05) is 39.8 Å². The molecular formula is C38H52O9Si. The monoisotopic (exact) mass is 680 g/mol. The zero-order valence-electron chi connectivity index (χ0n) is 30.1. The molecule has 0 amide bonds. The first-order chi connectivity index (χ1) is 22.3. The lowest BCUT2D eigenvalue weighted by molar-refractivity contribution is 0.0337. The van der Waals surface area contributed by atoms with Crippen molar-refractivity contribution in [3.05, 3.63) is 75.3 Å². The van der Waals surface area contributed by atoms with Crippen molar-refractivity contribution in [2.45, 2.75) is 118 Å². The Morgan fingerprint density at radius 1 is 0.625 bits per heavy atom. The van der Waals surface area contributed by atoms with Crippen LogP contribution in [0.15, 0.2) is 36.4 Å². The summed E-state index contributed by atoms with van der Waals surface area (Å²) in [5.41, 5.74) is 3.84. The number of ether oxygens (including phenoxy) is 2. The number of hydrogen-bond donors (Lipinski definition) is 4.